The molecular weight excluding hydrogens is 286 g/mol. The number of nitrogens with one attached hydrogen (secondary N) is 1. The number of nitrogen functional groups attached to an aromatic ring is 1. The second-order valence-electron chi connectivity index (χ2n) is 3.39. The molecule has 1 aromatic carbocycles. The smallest absolute Gasteiger partial charge is 0.174 e. The Labute approximate surface area is 107 Å². The van der Waals surface area contributed by atoms with E-state index in [4.69, 9.17) is 15.2 Å². The van der Waals surface area contributed by atoms with Crippen molar-refractivity contribution in [2.75, 3.05) is 20.0 Å². The lowest BCUT2D eigenvalue weighted by atomic mass is 10.1. The number of aromatic amines is 1. The molecule has 0 aliphatic heterocycles. The number of hydrogen-bond acceptors (Lipinski definition) is 4. The fourth-order valence-electron chi connectivity index (χ4n) is 1.60. The maximum Gasteiger partial charge on any atom is 0.174 e. The zero-order valence-electron chi connectivity index (χ0n) is 9.45. The minimum Gasteiger partial charge on any atom is -0.493 e. The normalized spacial score (nSPS) is 10.3. The molecule has 1 aromatic heterocycles. The molecule has 0 aliphatic carbocycles. The molecule has 0 saturated heterocycles. The van der Waals surface area contributed by atoms with Crippen molar-refractivity contribution in [2.24, 2.45) is 0 Å². The summed E-state index contributed by atoms with van der Waals surface area (Å²) in [6, 6.07) is 3.76. The Bertz CT molecular complexity index is 540. The van der Waals surface area contributed by atoms with Gasteiger partial charge in [-0.1, -0.05) is 0 Å². The lowest BCUT2D eigenvalue weighted by Crippen LogP contribution is -1.93. The molecule has 2 rings (SSSR count). The van der Waals surface area contributed by atoms with Crippen molar-refractivity contribution in [3.05, 3.63) is 22.8 Å². The van der Waals surface area contributed by atoms with Crippen LogP contribution < -0.4 is 15.2 Å². The number of H-pyrrole nitrogens is 1. The molecule has 17 heavy (non-hydrogen) atoms. The van der Waals surface area contributed by atoms with E-state index in [-0.39, 0.29) is 0 Å². The van der Waals surface area contributed by atoms with Gasteiger partial charge in [-0.25, -0.2) is 0 Å². The molecule has 3 N–H and O–H groups in total. The van der Waals surface area contributed by atoms with Crippen LogP contribution in [0.15, 0.2) is 22.8 Å². The van der Waals surface area contributed by atoms with Gasteiger partial charge in [-0.15, -0.1) is 0 Å². The van der Waals surface area contributed by atoms with Crippen LogP contribution in [-0.2, 0) is 0 Å². The molecule has 0 saturated carbocycles. The molecule has 6 heteroatoms. The van der Waals surface area contributed by atoms with Gasteiger partial charge in [0.1, 0.15) is 5.82 Å². The number of ether oxygens (including phenoxy) is 2. The van der Waals surface area contributed by atoms with Crippen molar-refractivity contribution < 1.29 is 9.47 Å². The largest absolute Gasteiger partial charge is 0.493 e. The van der Waals surface area contributed by atoms with Crippen LogP contribution in [0.3, 0.4) is 0 Å². The van der Waals surface area contributed by atoms with Gasteiger partial charge in [0, 0.05) is 5.56 Å². The minimum atomic E-state index is 0.518. The molecule has 0 atom stereocenters. The highest BCUT2D eigenvalue weighted by Crippen LogP contribution is 2.40. The van der Waals surface area contributed by atoms with E-state index in [1.165, 1.54) is 0 Å². The average molecular weight is 298 g/mol. The number of hydrogen-bond donors (Lipinski definition) is 2. The summed E-state index contributed by atoms with van der Waals surface area (Å²) in [6.07, 6.45) is 1.67. The third-order valence-corrected chi connectivity index (χ3v) is 3.00. The minimum absolute atomic E-state index is 0.518. The molecule has 0 fully saturated rings. The van der Waals surface area contributed by atoms with E-state index >= 15 is 0 Å². The van der Waals surface area contributed by atoms with Crippen LogP contribution in [-0.4, -0.2) is 24.4 Å². The number of methoxy groups -OCH3 is 2. The summed E-state index contributed by atoms with van der Waals surface area (Å²) in [6.45, 7) is 0. The highest BCUT2D eigenvalue weighted by Gasteiger charge is 2.13. The summed E-state index contributed by atoms with van der Waals surface area (Å²) in [5, 5.41) is 6.58. The molecule has 0 spiro atoms. The van der Waals surface area contributed by atoms with E-state index in [9.17, 15) is 0 Å². The first-order valence-electron chi connectivity index (χ1n) is 4.88. The Balaban J connectivity index is 2.58. The molecule has 1 heterocycles. The van der Waals surface area contributed by atoms with Crippen LogP contribution in [0.1, 0.15) is 0 Å². The van der Waals surface area contributed by atoms with E-state index in [0.717, 1.165) is 15.6 Å². The lowest BCUT2D eigenvalue weighted by Gasteiger charge is -2.11. The molecule has 5 nitrogen and oxygen atoms in total. The molecule has 2 aromatic rings. The number of rotatable bonds is 3. The second-order valence-corrected chi connectivity index (χ2v) is 4.25. The van der Waals surface area contributed by atoms with Crippen LogP contribution >= 0.6 is 15.9 Å². The number of nitrogens with zero attached hydrogens (tertiary/aromatic N) is 1. The first-order chi connectivity index (χ1) is 8.17. The molecule has 0 amide bonds. The Morgan fingerprint density at radius 3 is 2.59 bits per heavy atom. The molecule has 0 unspecified atom stereocenters. The van der Waals surface area contributed by atoms with Crippen molar-refractivity contribution >= 4 is 21.7 Å². The second kappa shape index (κ2) is 4.67. The first kappa shape index (κ1) is 11.8. The van der Waals surface area contributed by atoms with Gasteiger partial charge in [0.15, 0.2) is 11.5 Å². The topological polar surface area (TPSA) is 73.2 Å². The van der Waals surface area contributed by atoms with Crippen LogP contribution in [0.4, 0.5) is 5.82 Å². The molecular formula is C11H12BrN3O2. The lowest BCUT2D eigenvalue weighted by molar-refractivity contribution is 0.353. The van der Waals surface area contributed by atoms with Gasteiger partial charge in [0.2, 0.25) is 0 Å². The predicted molar refractivity (Wildman–Crippen MR) is 69.2 cm³/mol. The van der Waals surface area contributed by atoms with Gasteiger partial charge in [-0.3, -0.25) is 5.10 Å². The van der Waals surface area contributed by atoms with Crippen molar-refractivity contribution in [1.29, 1.82) is 0 Å². The van der Waals surface area contributed by atoms with Crippen molar-refractivity contribution in [2.45, 2.75) is 0 Å². The number of benzene rings is 1. The van der Waals surface area contributed by atoms with E-state index in [1.807, 2.05) is 12.1 Å². The Morgan fingerprint density at radius 1 is 1.29 bits per heavy atom. The van der Waals surface area contributed by atoms with Gasteiger partial charge < -0.3 is 15.2 Å². The highest BCUT2D eigenvalue weighted by molar-refractivity contribution is 9.10. The monoisotopic (exact) mass is 297 g/mol. The van der Waals surface area contributed by atoms with Gasteiger partial charge >= 0.3 is 0 Å². The maximum absolute atomic E-state index is 5.78. The van der Waals surface area contributed by atoms with E-state index in [2.05, 4.69) is 26.1 Å². The SMILES string of the molecule is COc1cc(-c2cn[nH]c2N)cc(Br)c1OC. The zero-order valence-corrected chi connectivity index (χ0v) is 11.0. The molecule has 90 valence electrons. The number of nitrogens with two attached hydrogens (primary N) is 1. The molecule has 0 bridgehead atoms. The Hall–Kier alpha value is -1.69. The van der Waals surface area contributed by atoms with Gasteiger partial charge in [0.25, 0.3) is 0 Å². The van der Waals surface area contributed by atoms with E-state index < -0.39 is 0 Å². The third kappa shape index (κ3) is 2.08. The summed E-state index contributed by atoms with van der Waals surface area (Å²) in [7, 11) is 3.18. The van der Waals surface area contributed by atoms with Gasteiger partial charge in [0.05, 0.1) is 24.9 Å². The number of anilines is 1. The van der Waals surface area contributed by atoms with Crippen LogP contribution in [0, 0.1) is 0 Å². The number of halogens is 1. The maximum atomic E-state index is 5.78. The summed E-state index contributed by atoms with van der Waals surface area (Å²) < 4.78 is 11.3. The average Bonchev–Trinajstić information content (AvgIpc) is 2.74. The Morgan fingerprint density at radius 2 is 2.06 bits per heavy atom. The van der Waals surface area contributed by atoms with Crippen LogP contribution in [0.25, 0.3) is 11.1 Å². The zero-order chi connectivity index (χ0) is 12.4. The molecule has 0 aliphatic rings. The third-order valence-electron chi connectivity index (χ3n) is 2.41. The first-order valence-corrected chi connectivity index (χ1v) is 5.67. The van der Waals surface area contributed by atoms with Crippen LogP contribution in [0.2, 0.25) is 0 Å². The summed E-state index contributed by atoms with van der Waals surface area (Å²) in [5.41, 5.74) is 7.51. The van der Waals surface area contributed by atoms with Gasteiger partial charge in [-0.05, 0) is 33.6 Å². The number of aromatic nitrogens is 2. The van der Waals surface area contributed by atoms with E-state index in [0.29, 0.717) is 17.3 Å². The fraction of sp³-hybridized carbons (Fsp3) is 0.182. The summed E-state index contributed by atoms with van der Waals surface area (Å²) >= 11 is 3.43. The van der Waals surface area contributed by atoms with Crippen molar-refractivity contribution in [3.63, 3.8) is 0 Å². The van der Waals surface area contributed by atoms with Crippen LogP contribution in [0.5, 0.6) is 11.5 Å². The Kier molecular flexibility index (Phi) is 3.23. The molecule has 0 radical (unpaired) electrons. The summed E-state index contributed by atoms with van der Waals surface area (Å²) in [4.78, 5) is 0. The van der Waals surface area contributed by atoms with Gasteiger partial charge in [-0.2, -0.15) is 5.10 Å². The van der Waals surface area contributed by atoms with E-state index in [1.54, 1.807) is 20.4 Å². The fourth-order valence-corrected chi connectivity index (χ4v) is 2.20. The standard InChI is InChI=1S/C11H12BrN3O2/c1-16-9-4-6(3-8(12)10(9)17-2)7-5-14-15-11(7)13/h3-5H,1-2H3,(H3,13,14,15). The quantitative estimate of drug-likeness (QED) is 0.913. The van der Waals surface area contributed by atoms with Crippen molar-refractivity contribution in [3.8, 4) is 22.6 Å². The highest BCUT2D eigenvalue weighted by atomic mass is 79.9. The summed E-state index contributed by atoms with van der Waals surface area (Å²) in [5.74, 6) is 1.81. The predicted octanol–water partition coefficient (Wildman–Crippen LogP) is 2.44. The van der Waals surface area contributed by atoms with Crippen molar-refractivity contribution in [1.82, 2.24) is 10.2 Å².